The number of halogens is 2. The number of benzene rings is 4. The lowest BCUT2D eigenvalue weighted by atomic mass is 10.0. The van der Waals surface area contributed by atoms with Crippen LogP contribution in [-0.2, 0) is 0 Å². The predicted octanol–water partition coefficient (Wildman–Crippen LogP) is 7.81. The van der Waals surface area contributed by atoms with Gasteiger partial charge in [0, 0.05) is 25.6 Å². The lowest BCUT2D eigenvalue weighted by molar-refractivity contribution is 1.07. The lowest BCUT2D eigenvalue weighted by Gasteiger charge is -2.10. The molecule has 0 fully saturated rings. The zero-order valence-electron chi connectivity index (χ0n) is 18.7. The molecule has 0 N–H and O–H groups in total. The largest absolute Gasteiger partial charge is 0.208 e. The maximum absolute atomic E-state index is 9.15. The maximum atomic E-state index is 9.15. The summed E-state index contributed by atoms with van der Waals surface area (Å²) in [6, 6.07) is 32.8. The lowest BCUT2D eigenvalue weighted by Crippen LogP contribution is -2.00. The second-order valence-corrected chi connectivity index (χ2v) is 9.75. The molecule has 1 heterocycles. The van der Waals surface area contributed by atoms with Gasteiger partial charge in [-0.3, -0.25) is 0 Å². The van der Waals surface area contributed by atoms with Gasteiger partial charge in [0.1, 0.15) is 0 Å². The van der Waals surface area contributed by atoms with Gasteiger partial charge in [0.25, 0.3) is 0 Å². The van der Waals surface area contributed by atoms with Crippen LogP contribution in [0.2, 0.25) is 0 Å². The van der Waals surface area contributed by atoms with Crippen LogP contribution in [0.25, 0.3) is 45.3 Å². The van der Waals surface area contributed by atoms with Crippen molar-refractivity contribution in [2.75, 3.05) is 0 Å². The molecule has 0 atom stereocenters. The number of aromatic nitrogens is 3. The van der Waals surface area contributed by atoms with Gasteiger partial charge < -0.3 is 0 Å². The monoisotopic (exact) mass is 591 g/mol. The van der Waals surface area contributed by atoms with Crippen molar-refractivity contribution in [3.8, 4) is 57.4 Å². The van der Waals surface area contributed by atoms with Crippen molar-refractivity contribution in [3.63, 3.8) is 0 Å². The normalized spacial score (nSPS) is 10.4. The van der Waals surface area contributed by atoms with E-state index in [0.29, 0.717) is 28.6 Å². The highest BCUT2D eigenvalue weighted by molar-refractivity contribution is 9.11. The molecule has 0 amide bonds. The summed E-state index contributed by atoms with van der Waals surface area (Å²) in [7, 11) is 0. The number of nitrogens with zero attached hydrogens (tertiary/aromatic N) is 5. The molecule has 0 aliphatic rings. The fourth-order valence-electron chi connectivity index (χ4n) is 3.69. The van der Waals surface area contributed by atoms with Crippen molar-refractivity contribution >= 4 is 31.9 Å². The standard InChI is InChI=1S/C29H15Br2N5/c30-25-13-24(14-26(31)15-25)29-35-27(22-7-3-19(17-33)4-8-22)34-28(36-29)23-11-9-21(10-12-23)20-5-1-18(16-32)2-6-20/h1-15H. The number of rotatable bonds is 4. The zero-order valence-corrected chi connectivity index (χ0v) is 21.8. The van der Waals surface area contributed by atoms with E-state index in [1.807, 2.05) is 78.9 Å². The van der Waals surface area contributed by atoms with E-state index in [4.69, 9.17) is 25.5 Å². The van der Waals surface area contributed by atoms with Gasteiger partial charge in [-0.2, -0.15) is 10.5 Å². The molecule has 0 bridgehead atoms. The van der Waals surface area contributed by atoms with E-state index in [1.54, 1.807) is 12.1 Å². The Balaban J connectivity index is 1.60. The van der Waals surface area contributed by atoms with Crippen molar-refractivity contribution < 1.29 is 0 Å². The van der Waals surface area contributed by atoms with Gasteiger partial charge in [-0.25, -0.2) is 15.0 Å². The van der Waals surface area contributed by atoms with Gasteiger partial charge in [0.05, 0.1) is 23.3 Å². The van der Waals surface area contributed by atoms with Crippen molar-refractivity contribution in [1.82, 2.24) is 15.0 Å². The second-order valence-electron chi connectivity index (χ2n) is 7.92. The molecular weight excluding hydrogens is 578 g/mol. The molecular formula is C29H15Br2N5. The zero-order chi connectivity index (χ0) is 25.1. The Bertz CT molecular complexity index is 1630. The smallest absolute Gasteiger partial charge is 0.164 e. The third kappa shape index (κ3) is 5.08. The van der Waals surface area contributed by atoms with E-state index < -0.39 is 0 Å². The Morgan fingerprint density at radius 3 is 1.19 bits per heavy atom. The van der Waals surface area contributed by atoms with Crippen LogP contribution in [0.1, 0.15) is 11.1 Å². The molecule has 36 heavy (non-hydrogen) atoms. The predicted molar refractivity (Wildman–Crippen MR) is 146 cm³/mol. The fraction of sp³-hybridized carbons (Fsp3) is 0. The molecule has 4 aromatic carbocycles. The molecule has 1 aromatic heterocycles. The van der Waals surface area contributed by atoms with Gasteiger partial charge in [0.2, 0.25) is 0 Å². The maximum Gasteiger partial charge on any atom is 0.164 e. The van der Waals surface area contributed by atoms with Gasteiger partial charge in [-0.15, -0.1) is 0 Å². The Labute approximate surface area is 225 Å². The highest BCUT2D eigenvalue weighted by atomic mass is 79.9. The van der Waals surface area contributed by atoms with Crippen LogP contribution in [0.3, 0.4) is 0 Å². The van der Waals surface area contributed by atoms with Gasteiger partial charge in [-0.05, 0) is 65.7 Å². The number of nitriles is 2. The summed E-state index contributed by atoms with van der Waals surface area (Å²) in [6.07, 6.45) is 0. The van der Waals surface area contributed by atoms with Crippen LogP contribution in [0, 0.1) is 22.7 Å². The van der Waals surface area contributed by atoms with Crippen molar-refractivity contribution in [2.45, 2.75) is 0 Å². The topological polar surface area (TPSA) is 86.2 Å². The Kier molecular flexibility index (Phi) is 6.69. The quantitative estimate of drug-likeness (QED) is 0.212. The molecule has 7 heteroatoms. The van der Waals surface area contributed by atoms with Crippen LogP contribution in [-0.4, -0.2) is 15.0 Å². The van der Waals surface area contributed by atoms with Crippen LogP contribution in [0.5, 0.6) is 0 Å². The van der Waals surface area contributed by atoms with Gasteiger partial charge in [0.15, 0.2) is 17.5 Å². The molecule has 0 unspecified atom stereocenters. The Morgan fingerprint density at radius 2 is 0.778 bits per heavy atom. The van der Waals surface area contributed by atoms with E-state index in [-0.39, 0.29) is 0 Å². The third-order valence-electron chi connectivity index (χ3n) is 5.52. The first-order chi connectivity index (χ1) is 17.5. The van der Waals surface area contributed by atoms with E-state index in [2.05, 4.69) is 44.0 Å². The number of hydrogen-bond acceptors (Lipinski definition) is 5. The van der Waals surface area contributed by atoms with E-state index in [1.165, 1.54) is 0 Å². The molecule has 170 valence electrons. The molecule has 0 aliphatic heterocycles. The first kappa shape index (κ1) is 23.6. The average molecular weight is 593 g/mol. The molecule has 0 saturated heterocycles. The fourth-order valence-corrected chi connectivity index (χ4v) is 4.98. The summed E-state index contributed by atoms with van der Waals surface area (Å²) in [4.78, 5) is 14.3. The first-order valence-electron chi connectivity index (χ1n) is 10.9. The molecule has 0 spiro atoms. The SMILES string of the molecule is N#Cc1ccc(-c2ccc(-c3nc(-c4ccc(C#N)cc4)nc(-c4cc(Br)cc(Br)c4)n3)cc2)cc1. The van der Waals surface area contributed by atoms with Crippen LogP contribution >= 0.6 is 31.9 Å². The van der Waals surface area contributed by atoms with E-state index >= 15 is 0 Å². The van der Waals surface area contributed by atoms with Crippen molar-refractivity contribution in [1.29, 1.82) is 10.5 Å². The minimum absolute atomic E-state index is 0.520. The van der Waals surface area contributed by atoms with Crippen LogP contribution in [0.4, 0.5) is 0 Å². The Hall–Kier alpha value is -4.17. The summed E-state index contributed by atoms with van der Waals surface area (Å²) in [5, 5.41) is 18.2. The summed E-state index contributed by atoms with van der Waals surface area (Å²) >= 11 is 7.09. The molecule has 5 nitrogen and oxygen atoms in total. The van der Waals surface area contributed by atoms with Crippen LogP contribution < -0.4 is 0 Å². The van der Waals surface area contributed by atoms with Crippen molar-refractivity contribution in [3.05, 3.63) is 111 Å². The number of hydrogen-bond donors (Lipinski definition) is 0. The minimum atomic E-state index is 0.520. The molecule has 5 aromatic rings. The molecule has 0 radical (unpaired) electrons. The van der Waals surface area contributed by atoms with Crippen LogP contribution in [0.15, 0.2) is 99.9 Å². The highest BCUT2D eigenvalue weighted by Gasteiger charge is 2.13. The average Bonchev–Trinajstić information content (AvgIpc) is 2.92. The van der Waals surface area contributed by atoms with Gasteiger partial charge >= 0.3 is 0 Å². The minimum Gasteiger partial charge on any atom is -0.208 e. The summed E-state index contributed by atoms with van der Waals surface area (Å²) in [6.45, 7) is 0. The molecule has 5 rings (SSSR count). The second kappa shape index (κ2) is 10.2. The first-order valence-corrected chi connectivity index (χ1v) is 12.4. The van der Waals surface area contributed by atoms with Crippen molar-refractivity contribution in [2.24, 2.45) is 0 Å². The van der Waals surface area contributed by atoms with E-state index in [0.717, 1.165) is 36.8 Å². The molecule has 0 aliphatic carbocycles. The summed E-state index contributed by atoms with van der Waals surface area (Å²) < 4.78 is 1.81. The van der Waals surface area contributed by atoms with Gasteiger partial charge in [-0.1, -0.05) is 68.3 Å². The third-order valence-corrected chi connectivity index (χ3v) is 6.43. The highest BCUT2D eigenvalue weighted by Crippen LogP contribution is 2.30. The van der Waals surface area contributed by atoms with E-state index in [9.17, 15) is 0 Å². The Morgan fingerprint density at radius 1 is 0.444 bits per heavy atom. The summed E-state index contributed by atoms with van der Waals surface area (Å²) in [5.41, 5.74) is 5.73. The molecule has 0 saturated carbocycles. The summed E-state index contributed by atoms with van der Waals surface area (Å²) in [5.74, 6) is 1.60.